The highest BCUT2D eigenvalue weighted by Gasteiger charge is 2.65. The Bertz CT molecular complexity index is 407. The van der Waals surface area contributed by atoms with Crippen molar-refractivity contribution in [2.24, 2.45) is 23.7 Å². The molecule has 2 rings (SSSR count). The van der Waals surface area contributed by atoms with Gasteiger partial charge in [-0.05, 0) is 43.9 Å². The molecule has 0 radical (unpaired) electrons. The number of hydrogen-bond acceptors (Lipinski definition) is 3. The fraction of sp³-hybridized carbons (Fsp3) is 0.867. The van der Waals surface area contributed by atoms with Crippen LogP contribution in [0.15, 0.2) is 0 Å². The van der Waals surface area contributed by atoms with E-state index in [4.69, 9.17) is 9.84 Å². The van der Waals surface area contributed by atoms with E-state index in [1.54, 1.807) is 6.92 Å². The first-order chi connectivity index (χ1) is 9.29. The van der Waals surface area contributed by atoms with Crippen LogP contribution >= 0.6 is 0 Å². The average Bonchev–Trinajstić information content (AvgIpc) is 3.10. The van der Waals surface area contributed by atoms with Crippen molar-refractivity contribution < 1.29 is 24.5 Å². The zero-order valence-electron chi connectivity index (χ0n) is 12.3. The summed E-state index contributed by atoms with van der Waals surface area (Å²) in [7, 11) is 0. The molecule has 1 saturated heterocycles. The first kappa shape index (κ1) is 15.3. The number of fused-ring (bicyclic) bond motifs is 1. The van der Waals surface area contributed by atoms with Gasteiger partial charge in [0.05, 0.1) is 12.0 Å². The molecule has 5 nitrogen and oxygen atoms in total. The lowest BCUT2D eigenvalue weighted by Crippen LogP contribution is -2.32. The third kappa shape index (κ3) is 2.55. The molecular formula is C15H24O5. The highest BCUT2D eigenvalue weighted by molar-refractivity contribution is 5.72. The van der Waals surface area contributed by atoms with Crippen molar-refractivity contribution >= 4 is 11.9 Å². The molecule has 0 unspecified atom stereocenters. The second-order valence-corrected chi connectivity index (χ2v) is 6.52. The van der Waals surface area contributed by atoms with Gasteiger partial charge in [-0.15, -0.1) is 0 Å². The molecule has 0 bridgehead atoms. The van der Waals surface area contributed by atoms with Crippen molar-refractivity contribution in [2.75, 3.05) is 0 Å². The summed E-state index contributed by atoms with van der Waals surface area (Å²) in [6, 6.07) is 0. The maximum absolute atomic E-state index is 11.3. The fourth-order valence-electron chi connectivity index (χ4n) is 3.98. The zero-order chi connectivity index (χ0) is 15.1. The van der Waals surface area contributed by atoms with Crippen LogP contribution in [-0.2, 0) is 14.3 Å². The predicted octanol–water partition coefficient (Wildman–Crippen LogP) is 2.39. The highest BCUT2D eigenvalue weighted by atomic mass is 16.6. The summed E-state index contributed by atoms with van der Waals surface area (Å²) in [5.74, 6) is -1.15. The Morgan fingerprint density at radius 2 is 2.00 bits per heavy atom. The van der Waals surface area contributed by atoms with E-state index in [2.05, 4.69) is 13.8 Å². The van der Waals surface area contributed by atoms with Gasteiger partial charge in [0, 0.05) is 6.42 Å². The molecular weight excluding hydrogens is 260 g/mol. The van der Waals surface area contributed by atoms with Gasteiger partial charge in [0.15, 0.2) is 0 Å². The van der Waals surface area contributed by atoms with Crippen LogP contribution in [-0.4, -0.2) is 33.9 Å². The van der Waals surface area contributed by atoms with E-state index in [-0.39, 0.29) is 18.4 Å². The summed E-state index contributed by atoms with van der Waals surface area (Å²) in [5.41, 5.74) is -0.516. The number of ether oxygens (including phenoxy) is 1. The number of carboxylic acid groups (broad SMARTS) is 2. The van der Waals surface area contributed by atoms with Crippen LogP contribution in [0, 0.1) is 23.7 Å². The molecule has 114 valence electrons. The van der Waals surface area contributed by atoms with Crippen molar-refractivity contribution in [3.63, 3.8) is 0 Å². The van der Waals surface area contributed by atoms with Gasteiger partial charge in [0.2, 0.25) is 0 Å². The summed E-state index contributed by atoms with van der Waals surface area (Å²) < 4.78 is 5.84. The topological polar surface area (TPSA) is 87.1 Å². The van der Waals surface area contributed by atoms with Crippen LogP contribution in [0.2, 0.25) is 0 Å². The molecule has 0 amide bonds. The first-order valence-electron chi connectivity index (χ1n) is 7.42. The summed E-state index contributed by atoms with van der Waals surface area (Å²) >= 11 is 0. The van der Waals surface area contributed by atoms with Gasteiger partial charge in [-0.25, -0.2) is 0 Å². The summed E-state index contributed by atoms with van der Waals surface area (Å²) in [5, 5.41) is 18.1. The Kier molecular flexibility index (Phi) is 4.09. The number of epoxide rings is 1. The molecule has 0 aromatic carbocycles. The van der Waals surface area contributed by atoms with Gasteiger partial charge < -0.3 is 14.9 Å². The quantitative estimate of drug-likeness (QED) is 0.757. The first-order valence-corrected chi connectivity index (χ1v) is 7.42. The van der Waals surface area contributed by atoms with Crippen LogP contribution < -0.4 is 0 Å². The van der Waals surface area contributed by atoms with Crippen LogP contribution in [0.5, 0.6) is 0 Å². The van der Waals surface area contributed by atoms with Gasteiger partial charge in [-0.1, -0.05) is 13.8 Å². The Balaban J connectivity index is 2.11. The smallest absolute Gasteiger partial charge is 0.309 e. The van der Waals surface area contributed by atoms with E-state index >= 15 is 0 Å². The number of carboxylic acids is 2. The summed E-state index contributed by atoms with van der Waals surface area (Å²) in [4.78, 5) is 22.1. The Morgan fingerprint density at radius 3 is 2.55 bits per heavy atom. The second-order valence-electron chi connectivity index (χ2n) is 6.52. The van der Waals surface area contributed by atoms with Gasteiger partial charge in [0.1, 0.15) is 5.60 Å². The molecule has 1 aliphatic heterocycles. The second kappa shape index (κ2) is 5.35. The SMILES string of the molecule is C[C@@H]1[C@@H](CCC(=O)O)[C@@H](C)CC[C@]2([C@@H](C)C(=O)O)O[C@@H]12. The molecule has 6 atom stereocenters. The standard InChI is InChI=1S/C15H24O5/c1-8-6-7-15(10(3)14(18)19)13(20-15)9(2)11(8)4-5-12(16)17/h8-11,13H,4-7H2,1-3H3,(H,16,17)(H,18,19)/t8-,9+,10-,11-,13-,15+/m0/s1. The van der Waals surface area contributed by atoms with Gasteiger partial charge >= 0.3 is 11.9 Å². The largest absolute Gasteiger partial charge is 0.481 e. The van der Waals surface area contributed by atoms with Crippen molar-refractivity contribution in [1.29, 1.82) is 0 Å². The normalized spacial score (nSPS) is 41.4. The molecule has 1 saturated carbocycles. The minimum absolute atomic E-state index is 0.0302. The lowest BCUT2D eigenvalue weighted by molar-refractivity contribution is -0.143. The van der Waals surface area contributed by atoms with Crippen molar-refractivity contribution in [3.05, 3.63) is 0 Å². The van der Waals surface area contributed by atoms with E-state index in [0.29, 0.717) is 18.3 Å². The molecule has 20 heavy (non-hydrogen) atoms. The highest BCUT2D eigenvalue weighted by Crippen LogP contribution is 2.56. The van der Waals surface area contributed by atoms with Gasteiger partial charge in [0.25, 0.3) is 0 Å². The summed E-state index contributed by atoms with van der Waals surface area (Å²) in [6.45, 7) is 5.94. The Labute approximate surface area is 119 Å². The molecule has 0 aromatic rings. The minimum Gasteiger partial charge on any atom is -0.481 e. The Hall–Kier alpha value is -1.10. The molecule has 2 fully saturated rings. The van der Waals surface area contributed by atoms with E-state index in [9.17, 15) is 14.7 Å². The zero-order valence-corrected chi connectivity index (χ0v) is 12.3. The lowest BCUT2D eigenvalue weighted by atomic mass is 9.78. The van der Waals surface area contributed by atoms with Crippen LogP contribution in [0.3, 0.4) is 0 Å². The average molecular weight is 284 g/mol. The monoisotopic (exact) mass is 284 g/mol. The van der Waals surface area contributed by atoms with Crippen LogP contribution in [0.1, 0.15) is 46.5 Å². The van der Waals surface area contributed by atoms with Gasteiger partial charge in [-0.3, -0.25) is 9.59 Å². The van der Waals surface area contributed by atoms with Crippen LogP contribution in [0.4, 0.5) is 0 Å². The van der Waals surface area contributed by atoms with Crippen LogP contribution in [0.25, 0.3) is 0 Å². The number of rotatable bonds is 5. The molecule has 1 heterocycles. The minimum atomic E-state index is -0.809. The maximum atomic E-state index is 11.3. The van der Waals surface area contributed by atoms with Crippen molar-refractivity contribution in [3.8, 4) is 0 Å². The molecule has 0 aromatic heterocycles. The molecule has 0 spiro atoms. The maximum Gasteiger partial charge on any atom is 0.309 e. The number of hydrogen-bond donors (Lipinski definition) is 2. The third-order valence-corrected chi connectivity index (χ3v) is 5.44. The van der Waals surface area contributed by atoms with E-state index in [1.165, 1.54) is 0 Å². The number of aliphatic carboxylic acids is 2. The van der Waals surface area contributed by atoms with Crippen molar-refractivity contribution in [2.45, 2.75) is 58.2 Å². The predicted molar refractivity (Wildman–Crippen MR) is 72.3 cm³/mol. The van der Waals surface area contributed by atoms with Crippen molar-refractivity contribution in [1.82, 2.24) is 0 Å². The molecule has 1 aliphatic carbocycles. The number of carbonyl (C=O) groups is 2. The molecule has 2 N–H and O–H groups in total. The Morgan fingerprint density at radius 1 is 1.35 bits per heavy atom. The van der Waals surface area contributed by atoms with E-state index < -0.39 is 23.5 Å². The molecule has 5 heteroatoms. The fourth-order valence-corrected chi connectivity index (χ4v) is 3.98. The van der Waals surface area contributed by atoms with Gasteiger partial charge in [-0.2, -0.15) is 0 Å². The lowest BCUT2D eigenvalue weighted by Gasteiger charge is -2.26. The van der Waals surface area contributed by atoms with E-state index in [0.717, 1.165) is 12.8 Å². The van der Waals surface area contributed by atoms with E-state index in [1.807, 2.05) is 0 Å². The molecule has 2 aliphatic rings. The third-order valence-electron chi connectivity index (χ3n) is 5.44. The summed E-state index contributed by atoms with van der Waals surface area (Å²) in [6.07, 6.45) is 2.46.